The fourth-order valence-electron chi connectivity index (χ4n) is 2.75. The maximum Gasteiger partial charge on any atom is 0.122 e. The maximum absolute atomic E-state index is 10.0. The molecule has 0 bridgehead atoms. The molecule has 110 valence electrons. The van der Waals surface area contributed by atoms with E-state index in [1.165, 1.54) is 10.5 Å². The van der Waals surface area contributed by atoms with E-state index < -0.39 is 0 Å². The first-order chi connectivity index (χ1) is 10.3. The van der Waals surface area contributed by atoms with Gasteiger partial charge in [0.2, 0.25) is 0 Å². The first-order valence-electron chi connectivity index (χ1n) is 7.45. The molecule has 2 aromatic carbocycles. The summed E-state index contributed by atoms with van der Waals surface area (Å²) < 4.78 is 5.94. The van der Waals surface area contributed by atoms with Crippen molar-refractivity contribution in [1.82, 2.24) is 0 Å². The molecule has 3 heteroatoms. The van der Waals surface area contributed by atoms with E-state index in [4.69, 9.17) is 4.74 Å². The summed E-state index contributed by atoms with van der Waals surface area (Å²) in [7, 11) is 0. The Labute approximate surface area is 130 Å². The van der Waals surface area contributed by atoms with Crippen LogP contribution in [-0.2, 0) is 6.42 Å². The molecule has 1 aliphatic carbocycles. The molecule has 3 rings (SSSR count). The predicted octanol–water partition coefficient (Wildman–Crippen LogP) is 4.23. The summed E-state index contributed by atoms with van der Waals surface area (Å²) in [4.78, 5) is 1.27. The van der Waals surface area contributed by atoms with Crippen LogP contribution >= 0.6 is 11.8 Å². The van der Waals surface area contributed by atoms with Crippen LogP contribution in [0.25, 0.3) is 0 Å². The van der Waals surface area contributed by atoms with Gasteiger partial charge in [0.1, 0.15) is 5.75 Å². The molecule has 21 heavy (non-hydrogen) atoms. The van der Waals surface area contributed by atoms with Gasteiger partial charge >= 0.3 is 0 Å². The van der Waals surface area contributed by atoms with Crippen molar-refractivity contribution < 1.29 is 9.84 Å². The zero-order valence-electron chi connectivity index (χ0n) is 12.0. The Hall–Kier alpha value is -1.45. The highest BCUT2D eigenvalue weighted by molar-refractivity contribution is 7.99. The molecule has 0 aromatic heterocycles. The number of benzene rings is 2. The lowest BCUT2D eigenvalue weighted by molar-refractivity contribution is 0.155. The largest absolute Gasteiger partial charge is 0.492 e. The van der Waals surface area contributed by atoms with Gasteiger partial charge in [-0.2, -0.15) is 0 Å². The molecule has 0 radical (unpaired) electrons. The lowest BCUT2D eigenvalue weighted by atomic mass is 9.89. The van der Waals surface area contributed by atoms with Crippen LogP contribution in [0.4, 0.5) is 0 Å². The third-order valence-electron chi connectivity index (χ3n) is 3.79. The first-order valence-corrected chi connectivity index (χ1v) is 8.43. The third kappa shape index (κ3) is 3.60. The minimum absolute atomic E-state index is 0.323. The summed E-state index contributed by atoms with van der Waals surface area (Å²) in [5.41, 5.74) is 2.25. The number of rotatable bonds is 5. The highest BCUT2D eigenvalue weighted by Gasteiger charge is 2.20. The molecule has 0 spiro atoms. The second kappa shape index (κ2) is 7.01. The smallest absolute Gasteiger partial charge is 0.122 e. The Morgan fingerprint density at radius 2 is 1.95 bits per heavy atom. The number of aliphatic hydroxyl groups excluding tert-OH is 1. The van der Waals surface area contributed by atoms with Crippen molar-refractivity contribution >= 4 is 11.8 Å². The van der Waals surface area contributed by atoms with Crippen molar-refractivity contribution in [2.45, 2.75) is 30.3 Å². The van der Waals surface area contributed by atoms with Crippen molar-refractivity contribution in [3.8, 4) is 5.75 Å². The Morgan fingerprint density at radius 3 is 2.81 bits per heavy atom. The quantitative estimate of drug-likeness (QED) is 0.662. The van der Waals surface area contributed by atoms with Crippen LogP contribution in [0.15, 0.2) is 53.4 Å². The van der Waals surface area contributed by atoms with E-state index in [-0.39, 0.29) is 6.10 Å². The second-order valence-electron chi connectivity index (χ2n) is 5.24. The van der Waals surface area contributed by atoms with Crippen molar-refractivity contribution in [2.24, 2.45) is 0 Å². The standard InChI is InChI=1S/C18H20O2S/c19-17-10-4-9-16-15(17)8-5-11-18(16)20-12-13-21-14-6-2-1-3-7-14/h1-3,5-8,11,17,19H,4,9-10,12-13H2. The van der Waals surface area contributed by atoms with Crippen LogP contribution in [0.5, 0.6) is 5.75 Å². The summed E-state index contributed by atoms with van der Waals surface area (Å²) >= 11 is 1.80. The highest BCUT2D eigenvalue weighted by atomic mass is 32.2. The number of thioether (sulfide) groups is 1. The Balaban J connectivity index is 1.57. The number of ether oxygens (including phenoxy) is 1. The average molecular weight is 300 g/mol. The SMILES string of the molecule is OC1CCCc2c(OCCSc3ccccc3)cccc21. The van der Waals surface area contributed by atoms with Gasteiger partial charge in [-0.25, -0.2) is 0 Å². The topological polar surface area (TPSA) is 29.5 Å². The fourth-order valence-corrected chi connectivity index (χ4v) is 3.51. The molecular weight excluding hydrogens is 280 g/mol. The number of aliphatic hydroxyl groups is 1. The van der Waals surface area contributed by atoms with Crippen LogP contribution in [0.1, 0.15) is 30.1 Å². The molecule has 0 amide bonds. The number of hydrogen-bond acceptors (Lipinski definition) is 3. The molecule has 0 saturated heterocycles. The van der Waals surface area contributed by atoms with Crippen LogP contribution in [0, 0.1) is 0 Å². The van der Waals surface area contributed by atoms with Gasteiger partial charge in [-0.3, -0.25) is 0 Å². The van der Waals surface area contributed by atoms with E-state index in [1.54, 1.807) is 11.8 Å². The Morgan fingerprint density at radius 1 is 1.10 bits per heavy atom. The van der Waals surface area contributed by atoms with Crippen molar-refractivity contribution in [3.63, 3.8) is 0 Å². The monoisotopic (exact) mass is 300 g/mol. The lowest BCUT2D eigenvalue weighted by Gasteiger charge is -2.23. The van der Waals surface area contributed by atoms with Crippen molar-refractivity contribution in [2.75, 3.05) is 12.4 Å². The molecular formula is C18H20O2S. The minimum Gasteiger partial charge on any atom is -0.492 e. The van der Waals surface area contributed by atoms with Crippen LogP contribution in [-0.4, -0.2) is 17.5 Å². The Bertz CT molecular complexity index is 583. The summed E-state index contributed by atoms with van der Waals surface area (Å²) in [5, 5.41) is 10.0. The summed E-state index contributed by atoms with van der Waals surface area (Å²) in [6, 6.07) is 16.4. The molecule has 1 unspecified atom stereocenters. The van der Waals surface area contributed by atoms with Gasteiger partial charge < -0.3 is 9.84 Å². The van der Waals surface area contributed by atoms with E-state index in [9.17, 15) is 5.11 Å². The zero-order valence-corrected chi connectivity index (χ0v) is 12.8. The van der Waals surface area contributed by atoms with Gasteiger partial charge in [-0.05, 0) is 48.6 Å². The highest BCUT2D eigenvalue weighted by Crippen LogP contribution is 2.35. The van der Waals surface area contributed by atoms with Gasteiger partial charge in [0.15, 0.2) is 0 Å². The van der Waals surface area contributed by atoms with Crippen molar-refractivity contribution in [1.29, 1.82) is 0 Å². The molecule has 0 saturated carbocycles. The Kier molecular flexibility index (Phi) is 4.84. The van der Waals surface area contributed by atoms with E-state index in [1.807, 2.05) is 24.3 Å². The number of hydrogen-bond donors (Lipinski definition) is 1. The molecule has 2 nitrogen and oxygen atoms in total. The molecule has 1 aliphatic rings. The van der Waals surface area contributed by atoms with Crippen LogP contribution < -0.4 is 4.74 Å². The molecule has 0 aliphatic heterocycles. The normalized spacial score (nSPS) is 17.3. The molecule has 1 N–H and O–H groups in total. The molecule has 2 aromatic rings. The zero-order chi connectivity index (χ0) is 14.5. The summed E-state index contributed by atoms with van der Waals surface area (Å²) in [6.07, 6.45) is 2.58. The van der Waals surface area contributed by atoms with Crippen molar-refractivity contribution in [3.05, 3.63) is 59.7 Å². The van der Waals surface area contributed by atoms with E-state index in [0.29, 0.717) is 6.61 Å². The van der Waals surface area contributed by atoms with E-state index in [2.05, 4.69) is 24.3 Å². The van der Waals surface area contributed by atoms with E-state index in [0.717, 1.165) is 36.3 Å². The summed E-state index contributed by atoms with van der Waals surface area (Å²) in [5.74, 6) is 1.87. The third-order valence-corrected chi connectivity index (χ3v) is 4.76. The van der Waals surface area contributed by atoms with Gasteiger partial charge in [0.05, 0.1) is 12.7 Å². The van der Waals surface area contributed by atoms with Crippen LogP contribution in [0.3, 0.4) is 0 Å². The minimum atomic E-state index is -0.323. The van der Waals surface area contributed by atoms with Gasteiger partial charge in [-0.1, -0.05) is 30.3 Å². The van der Waals surface area contributed by atoms with E-state index >= 15 is 0 Å². The van der Waals surface area contributed by atoms with Gasteiger partial charge in [0.25, 0.3) is 0 Å². The van der Waals surface area contributed by atoms with Crippen LogP contribution in [0.2, 0.25) is 0 Å². The lowest BCUT2D eigenvalue weighted by Crippen LogP contribution is -2.11. The second-order valence-corrected chi connectivity index (χ2v) is 6.41. The average Bonchev–Trinajstić information content (AvgIpc) is 2.53. The fraction of sp³-hybridized carbons (Fsp3) is 0.333. The predicted molar refractivity (Wildman–Crippen MR) is 87.0 cm³/mol. The van der Waals surface area contributed by atoms with Gasteiger partial charge in [-0.15, -0.1) is 11.8 Å². The maximum atomic E-state index is 10.0. The van der Waals surface area contributed by atoms with Gasteiger partial charge in [0, 0.05) is 10.6 Å². The summed E-state index contributed by atoms with van der Waals surface area (Å²) in [6.45, 7) is 0.687. The molecule has 1 atom stereocenters. The molecule has 0 fully saturated rings. The first kappa shape index (κ1) is 14.5. The molecule has 0 heterocycles. The number of fused-ring (bicyclic) bond motifs is 1.